The summed E-state index contributed by atoms with van der Waals surface area (Å²) in [6.07, 6.45) is 0. The van der Waals surface area contributed by atoms with Crippen LogP contribution in [0.4, 0.5) is 0 Å². The zero-order valence-corrected chi connectivity index (χ0v) is 13.0. The number of hydrogen-bond donors (Lipinski definition) is 1. The molecular formula is C16H18ClNS. The van der Waals surface area contributed by atoms with Gasteiger partial charge in [-0.1, -0.05) is 47.1 Å². The largest absolute Gasteiger partial charge is 0.313 e. The van der Waals surface area contributed by atoms with Crippen molar-refractivity contribution in [1.29, 1.82) is 0 Å². The predicted octanol–water partition coefficient (Wildman–Crippen LogP) is 5.08. The van der Waals surface area contributed by atoms with Crippen LogP contribution in [0.25, 0.3) is 0 Å². The van der Waals surface area contributed by atoms with Gasteiger partial charge in [-0.05, 0) is 50.7 Å². The molecule has 2 aromatic rings. The fourth-order valence-electron chi connectivity index (χ4n) is 1.77. The first-order valence-corrected chi connectivity index (χ1v) is 7.51. The molecule has 0 bridgehead atoms. The van der Waals surface area contributed by atoms with Crippen molar-refractivity contribution in [3.05, 3.63) is 58.6 Å². The molecule has 0 aromatic heterocycles. The van der Waals surface area contributed by atoms with Crippen LogP contribution >= 0.6 is 23.4 Å². The highest BCUT2D eigenvalue weighted by Gasteiger charge is 2.07. The Morgan fingerprint density at radius 3 is 2.37 bits per heavy atom. The summed E-state index contributed by atoms with van der Waals surface area (Å²) in [7, 11) is 1.95. The molecule has 0 amide bonds. The van der Waals surface area contributed by atoms with E-state index in [1.54, 1.807) is 11.8 Å². The van der Waals surface area contributed by atoms with Gasteiger partial charge in [0.25, 0.3) is 0 Å². The molecule has 0 heterocycles. The van der Waals surface area contributed by atoms with Crippen LogP contribution in [0.2, 0.25) is 5.02 Å². The van der Waals surface area contributed by atoms with Gasteiger partial charge >= 0.3 is 0 Å². The Bertz CT molecular complexity index is 551. The third-order valence-corrected chi connectivity index (χ3v) is 4.65. The molecule has 0 aliphatic carbocycles. The zero-order valence-electron chi connectivity index (χ0n) is 11.4. The van der Waals surface area contributed by atoms with Gasteiger partial charge < -0.3 is 5.32 Å². The van der Waals surface area contributed by atoms with Crippen molar-refractivity contribution in [3.63, 3.8) is 0 Å². The molecule has 3 heteroatoms. The number of nitrogens with one attached hydrogen (secondary N) is 1. The van der Waals surface area contributed by atoms with Crippen molar-refractivity contribution in [3.8, 4) is 0 Å². The Balaban J connectivity index is 2.19. The molecule has 0 aliphatic heterocycles. The monoisotopic (exact) mass is 291 g/mol. The summed E-state index contributed by atoms with van der Waals surface area (Å²) in [6.45, 7) is 4.22. The molecule has 1 nitrogen and oxygen atoms in total. The SMILES string of the molecule is CNC(C)c1ccc(Sc2ccc(C)cc2)c(Cl)c1. The Hall–Kier alpha value is -0.960. The van der Waals surface area contributed by atoms with Gasteiger partial charge in [0.05, 0.1) is 5.02 Å². The van der Waals surface area contributed by atoms with Gasteiger partial charge in [-0.25, -0.2) is 0 Å². The molecule has 0 aliphatic rings. The first-order valence-electron chi connectivity index (χ1n) is 6.31. The van der Waals surface area contributed by atoms with Gasteiger partial charge in [-0.2, -0.15) is 0 Å². The second kappa shape index (κ2) is 6.47. The van der Waals surface area contributed by atoms with Crippen LogP contribution in [0.15, 0.2) is 52.3 Å². The van der Waals surface area contributed by atoms with Gasteiger partial charge in [-0.3, -0.25) is 0 Å². The van der Waals surface area contributed by atoms with Gasteiger partial charge in [0.1, 0.15) is 0 Å². The second-order valence-corrected chi connectivity index (χ2v) is 6.14. The molecule has 100 valence electrons. The summed E-state index contributed by atoms with van der Waals surface area (Å²) < 4.78 is 0. The Kier molecular flexibility index (Phi) is 4.92. The highest BCUT2D eigenvalue weighted by atomic mass is 35.5. The van der Waals surface area contributed by atoms with E-state index >= 15 is 0 Å². The van der Waals surface area contributed by atoms with Gasteiger partial charge in [0.2, 0.25) is 0 Å². The third kappa shape index (κ3) is 3.75. The van der Waals surface area contributed by atoms with Gasteiger partial charge in [-0.15, -0.1) is 0 Å². The molecule has 0 saturated carbocycles. The van der Waals surface area contributed by atoms with Crippen molar-refractivity contribution in [2.45, 2.75) is 29.7 Å². The molecule has 19 heavy (non-hydrogen) atoms. The lowest BCUT2D eigenvalue weighted by molar-refractivity contribution is 0.652. The van der Waals surface area contributed by atoms with Crippen molar-refractivity contribution < 1.29 is 0 Å². The van der Waals surface area contributed by atoms with E-state index in [-0.39, 0.29) is 0 Å². The van der Waals surface area contributed by atoms with Crippen LogP contribution in [0, 0.1) is 6.92 Å². The average molecular weight is 292 g/mol. The minimum atomic E-state index is 0.316. The van der Waals surface area contributed by atoms with E-state index in [2.05, 4.69) is 55.6 Å². The quantitative estimate of drug-likeness (QED) is 0.843. The second-order valence-electron chi connectivity index (χ2n) is 4.62. The Labute approximate surface area is 124 Å². The standard InChI is InChI=1S/C16H18ClNS/c1-11-4-7-14(8-5-11)19-16-9-6-13(10-15(16)17)12(2)18-3/h4-10,12,18H,1-3H3. The number of benzene rings is 2. The Morgan fingerprint density at radius 1 is 1.11 bits per heavy atom. The van der Waals surface area contributed by atoms with Gasteiger partial charge in [0, 0.05) is 15.8 Å². The average Bonchev–Trinajstić information content (AvgIpc) is 2.42. The third-order valence-electron chi connectivity index (χ3n) is 3.14. The topological polar surface area (TPSA) is 12.0 Å². The van der Waals surface area contributed by atoms with Crippen LogP contribution in [0.3, 0.4) is 0 Å². The van der Waals surface area contributed by atoms with Crippen LogP contribution in [0.5, 0.6) is 0 Å². The van der Waals surface area contributed by atoms with Crippen molar-refractivity contribution in [1.82, 2.24) is 5.32 Å². The highest BCUT2D eigenvalue weighted by Crippen LogP contribution is 2.34. The lowest BCUT2D eigenvalue weighted by Crippen LogP contribution is -2.12. The fourth-order valence-corrected chi connectivity index (χ4v) is 2.89. The van der Waals surface area contributed by atoms with E-state index in [9.17, 15) is 0 Å². The molecule has 0 radical (unpaired) electrons. The lowest BCUT2D eigenvalue weighted by Gasteiger charge is -2.12. The molecule has 0 fully saturated rings. The van der Waals surface area contributed by atoms with E-state index in [1.165, 1.54) is 16.0 Å². The van der Waals surface area contributed by atoms with Crippen LogP contribution in [-0.4, -0.2) is 7.05 Å². The molecule has 1 unspecified atom stereocenters. The van der Waals surface area contributed by atoms with E-state index in [0.717, 1.165) is 9.92 Å². The maximum atomic E-state index is 6.36. The number of halogens is 1. The van der Waals surface area contributed by atoms with Crippen molar-refractivity contribution in [2.24, 2.45) is 0 Å². The highest BCUT2D eigenvalue weighted by molar-refractivity contribution is 7.99. The zero-order chi connectivity index (χ0) is 13.8. The maximum absolute atomic E-state index is 6.36. The summed E-state index contributed by atoms with van der Waals surface area (Å²) in [5.74, 6) is 0. The van der Waals surface area contributed by atoms with Crippen molar-refractivity contribution >= 4 is 23.4 Å². The molecular weight excluding hydrogens is 274 g/mol. The predicted molar refractivity (Wildman–Crippen MR) is 84.2 cm³/mol. The summed E-state index contributed by atoms with van der Waals surface area (Å²) in [5.41, 5.74) is 2.48. The summed E-state index contributed by atoms with van der Waals surface area (Å²) in [5, 5.41) is 4.03. The molecule has 2 rings (SSSR count). The molecule has 0 spiro atoms. The number of rotatable bonds is 4. The normalized spacial score (nSPS) is 12.4. The number of hydrogen-bond acceptors (Lipinski definition) is 2. The van der Waals surface area contributed by atoms with E-state index in [0.29, 0.717) is 6.04 Å². The summed E-state index contributed by atoms with van der Waals surface area (Å²) >= 11 is 8.06. The first kappa shape index (κ1) is 14.4. The van der Waals surface area contributed by atoms with Crippen LogP contribution in [-0.2, 0) is 0 Å². The summed E-state index contributed by atoms with van der Waals surface area (Å²) in [6, 6.07) is 15.1. The molecule has 2 aromatic carbocycles. The smallest absolute Gasteiger partial charge is 0.0548 e. The summed E-state index contributed by atoms with van der Waals surface area (Å²) in [4.78, 5) is 2.31. The fraction of sp³-hybridized carbons (Fsp3) is 0.250. The van der Waals surface area contributed by atoms with Crippen molar-refractivity contribution in [2.75, 3.05) is 7.05 Å². The maximum Gasteiger partial charge on any atom is 0.0548 e. The molecule has 0 saturated heterocycles. The van der Waals surface area contributed by atoms with E-state index < -0.39 is 0 Å². The van der Waals surface area contributed by atoms with E-state index in [1.807, 2.05) is 13.1 Å². The molecule has 1 atom stereocenters. The van der Waals surface area contributed by atoms with Crippen LogP contribution < -0.4 is 5.32 Å². The van der Waals surface area contributed by atoms with Gasteiger partial charge in [0.15, 0.2) is 0 Å². The number of aryl methyl sites for hydroxylation is 1. The molecule has 1 N–H and O–H groups in total. The minimum absolute atomic E-state index is 0.316. The Morgan fingerprint density at radius 2 is 1.79 bits per heavy atom. The van der Waals surface area contributed by atoms with E-state index in [4.69, 9.17) is 11.6 Å². The first-order chi connectivity index (χ1) is 9.10. The van der Waals surface area contributed by atoms with Crippen LogP contribution in [0.1, 0.15) is 24.1 Å². The lowest BCUT2D eigenvalue weighted by atomic mass is 10.1. The minimum Gasteiger partial charge on any atom is -0.313 e.